The highest BCUT2D eigenvalue weighted by Gasteiger charge is 2.32. The summed E-state index contributed by atoms with van der Waals surface area (Å²) in [5.74, 6) is -0.141. The molecule has 1 aliphatic heterocycles. The highest BCUT2D eigenvalue weighted by molar-refractivity contribution is 5.76. The van der Waals surface area contributed by atoms with Crippen molar-refractivity contribution in [3.8, 4) is 0 Å². The van der Waals surface area contributed by atoms with E-state index in [0.717, 1.165) is 12.1 Å². The van der Waals surface area contributed by atoms with E-state index in [1.807, 2.05) is 13.8 Å². The van der Waals surface area contributed by atoms with E-state index >= 15 is 0 Å². The Kier molecular flexibility index (Phi) is 5.87. The molecule has 1 amide bonds. The fraction of sp³-hybridized carbons (Fsp3) is 0.588. The molecule has 0 radical (unpaired) electrons. The average Bonchev–Trinajstić information content (AvgIpc) is 2.53. The highest BCUT2D eigenvalue weighted by Crippen LogP contribution is 2.32. The molecule has 1 heterocycles. The van der Waals surface area contributed by atoms with Crippen molar-refractivity contribution in [3.63, 3.8) is 0 Å². The van der Waals surface area contributed by atoms with Crippen molar-refractivity contribution in [1.82, 2.24) is 10.6 Å². The lowest BCUT2D eigenvalue weighted by atomic mass is 9.83. The molecular formula is C17H23F3N2O2. The fourth-order valence-electron chi connectivity index (χ4n) is 2.58. The Balaban J connectivity index is 1.94. The SMILES string of the molecule is CC(C)(CNC(=O)CC1COCCN1)c1cccc(C(F)(F)F)c1. The van der Waals surface area contributed by atoms with Crippen LogP contribution in [0.1, 0.15) is 31.4 Å². The second-order valence-corrected chi connectivity index (χ2v) is 6.67. The average molecular weight is 344 g/mol. The first-order valence-corrected chi connectivity index (χ1v) is 7.94. The van der Waals surface area contributed by atoms with Crippen LogP contribution in [0.5, 0.6) is 0 Å². The molecule has 0 saturated carbocycles. The van der Waals surface area contributed by atoms with Gasteiger partial charge in [-0.05, 0) is 11.6 Å². The van der Waals surface area contributed by atoms with Gasteiger partial charge in [-0.2, -0.15) is 13.2 Å². The standard InChI is InChI=1S/C17H23F3N2O2/c1-16(2,12-4-3-5-13(8-12)17(18,19)20)11-22-15(23)9-14-10-24-7-6-21-14/h3-5,8,14,21H,6-7,9-11H2,1-2H3,(H,22,23). The molecule has 0 bridgehead atoms. The smallest absolute Gasteiger partial charge is 0.378 e. The predicted molar refractivity (Wildman–Crippen MR) is 84.7 cm³/mol. The minimum absolute atomic E-state index is 0.0181. The lowest BCUT2D eigenvalue weighted by Crippen LogP contribution is -2.45. The van der Waals surface area contributed by atoms with Gasteiger partial charge in [-0.15, -0.1) is 0 Å². The van der Waals surface area contributed by atoms with E-state index in [-0.39, 0.29) is 18.5 Å². The van der Waals surface area contributed by atoms with E-state index in [4.69, 9.17) is 4.74 Å². The highest BCUT2D eigenvalue weighted by atomic mass is 19.4. The summed E-state index contributed by atoms with van der Waals surface area (Å²) < 4.78 is 43.8. The van der Waals surface area contributed by atoms with Crippen molar-refractivity contribution in [1.29, 1.82) is 0 Å². The van der Waals surface area contributed by atoms with Crippen molar-refractivity contribution in [2.75, 3.05) is 26.3 Å². The van der Waals surface area contributed by atoms with E-state index in [0.29, 0.717) is 31.7 Å². The van der Waals surface area contributed by atoms with Crippen molar-refractivity contribution in [2.45, 2.75) is 37.9 Å². The molecule has 1 atom stereocenters. The van der Waals surface area contributed by atoms with E-state index in [9.17, 15) is 18.0 Å². The summed E-state index contributed by atoms with van der Waals surface area (Å²) in [7, 11) is 0. The van der Waals surface area contributed by atoms with Gasteiger partial charge in [0, 0.05) is 31.0 Å². The maximum atomic E-state index is 12.8. The van der Waals surface area contributed by atoms with E-state index in [1.54, 1.807) is 6.07 Å². The van der Waals surface area contributed by atoms with Gasteiger partial charge in [0.25, 0.3) is 0 Å². The number of ether oxygens (including phenoxy) is 1. The number of hydrogen-bond donors (Lipinski definition) is 2. The van der Waals surface area contributed by atoms with Crippen LogP contribution in [0.3, 0.4) is 0 Å². The molecule has 24 heavy (non-hydrogen) atoms. The van der Waals surface area contributed by atoms with Crippen LogP contribution in [-0.2, 0) is 21.1 Å². The molecule has 134 valence electrons. The number of hydrogen-bond acceptors (Lipinski definition) is 3. The van der Waals surface area contributed by atoms with Gasteiger partial charge in [-0.1, -0.05) is 32.0 Å². The third-order valence-corrected chi connectivity index (χ3v) is 4.13. The Morgan fingerprint density at radius 1 is 1.33 bits per heavy atom. The summed E-state index contributed by atoms with van der Waals surface area (Å²) in [4.78, 5) is 12.0. The zero-order valence-corrected chi connectivity index (χ0v) is 13.9. The molecule has 1 saturated heterocycles. The molecule has 2 N–H and O–H groups in total. The van der Waals surface area contributed by atoms with Crippen molar-refractivity contribution >= 4 is 5.91 Å². The number of morpholine rings is 1. The first kappa shape index (κ1) is 18.7. The van der Waals surface area contributed by atoms with Crippen LogP contribution in [-0.4, -0.2) is 38.3 Å². The fourth-order valence-corrected chi connectivity index (χ4v) is 2.58. The Bertz CT molecular complexity index is 567. The summed E-state index contributed by atoms with van der Waals surface area (Å²) in [5.41, 5.74) is -0.743. The van der Waals surface area contributed by atoms with E-state index < -0.39 is 17.2 Å². The number of carbonyl (C=O) groups is 1. The molecule has 2 rings (SSSR count). The normalized spacial score (nSPS) is 19.1. The maximum absolute atomic E-state index is 12.8. The van der Waals surface area contributed by atoms with Crippen LogP contribution in [0.4, 0.5) is 13.2 Å². The van der Waals surface area contributed by atoms with E-state index in [2.05, 4.69) is 10.6 Å². The van der Waals surface area contributed by atoms with Gasteiger partial charge in [0.05, 0.1) is 18.8 Å². The quantitative estimate of drug-likeness (QED) is 0.863. The Morgan fingerprint density at radius 3 is 2.67 bits per heavy atom. The van der Waals surface area contributed by atoms with Gasteiger partial charge in [0.15, 0.2) is 0 Å². The third kappa shape index (κ3) is 5.21. The zero-order chi connectivity index (χ0) is 17.8. The summed E-state index contributed by atoms with van der Waals surface area (Å²) in [6.07, 6.45) is -4.08. The summed E-state index contributed by atoms with van der Waals surface area (Å²) in [6, 6.07) is 5.22. The molecule has 4 nitrogen and oxygen atoms in total. The number of benzene rings is 1. The molecule has 1 aromatic carbocycles. The van der Waals surface area contributed by atoms with E-state index in [1.165, 1.54) is 6.07 Å². The van der Waals surface area contributed by atoms with Gasteiger partial charge in [0.2, 0.25) is 5.91 Å². The number of halogens is 3. The van der Waals surface area contributed by atoms with Gasteiger partial charge in [-0.25, -0.2) is 0 Å². The second kappa shape index (κ2) is 7.53. The predicted octanol–water partition coefficient (Wildman–Crippen LogP) is 2.48. The lowest BCUT2D eigenvalue weighted by molar-refractivity contribution is -0.137. The Morgan fingerprint density at radius 2 is 2.04 bits per heavy atom. The molecule has 0 aliphatic carbocycles. The Labute approximate surface area is 139 Å². The molecule has 7 heteroatoms. The molecule has 1 aromatic rings. The topological polar surface area (TPSA) is 50.4 Å². The van der Waals surface area contributed by atoms with Gasteiger partial charge in [0.1, 0.15) is 0 Å². The summed E-state index contributed by atoms with van der Waals surface area (Å²) >= 11 is 0. The van der Waals surface area contributed by atoms with Crippen LogP contribution in [0.25, 0.3) is 0 Å². The Hall–Kier alpha value is -1.60. The first-order chi connectivity index (χ1) is 11.2. The summed E-state index contributed by atoms with van der Waals surface area (Å²) in [6.45, 7) is 5.73. The third-order valence-electron chi connectivity index (χ3n) is 4.13. The minimum atomic E-state index is -4.37. The van der Waals surface area contributed by atoms with Crippen LogP contribution < -0.4 is 10.6 Å². The van der Waals surface area contributed by atoms with Gasteiger partial charge in [-0.3, -0.25) is 4.79 Å². The molecule has 0 spiro atoms. The van der Waals surface area contributed by atoms with Crippen LogP contribution >= 0.6 is 0 Å². The number of carbonyl (C=O) groups excluding carboxylic acids is 1. The maximum Gasteiger partial charge on any atom is 0.416 e. The molecule has 1 aliphatic rings. The van der Waals surface area contributed by atoms with Crippen molar-refractivity contribution in [2.24, 2.45) is 0 Å². The van der Waals surface area contributed by atoms with Crippen LogP contribution in [0.15, 0.2) is 24.3 Å². The number of rotatable bonds is 5. The molecule has 1 fully saturated rings. The molecule has 1 unspecified atom stereocenters. The molecule has 0 aromatic heterocycles. The van der Waals surface area contributed by atoms with Crippen molar-refractivity contribution < 1.29 is 22.7 Å². The van der Waals surface area contributed by atoms with Gasteiger partial charge >= 0.3 is 6.18 Å². The van der Waals surface area contributed by atoms with Crippen LogP contribution in [0, 0.1) is 0 Å². The lowest BCUT2D eigenvalue weighted by Gasteiger charge is -2.28. The summed E-state index contributed by atoms with van der Waals surface area (Å²) in [5, 5.41) is 6.00. The largest absolute Gasteiger partial charge is 0.416 e. The molecular weight excluding hydrogens is 321 g/mol. The van der Waals surface area contributed by atoms with Crippen LogP contribution in [0.2, 0.25) is 0 Å². The zero-order valence-electron chi connectivity index (χ0n) is 13.9. The number of alkyl halides is 3. The number of nitrogens with one attached hydrogen (secondary N) is 2. The monoisotopic (exact) mass is 344 g/mol. The number of amides is 1. The second-order valence-electron chi connectivity index (χ2n) is 6.67. The van der Waals surface area contributed by atoms with Gasteiger partial charge < -0.3 is 15.4 Å². The minimum Gasteiger partial charge on any atom is -0.378 e. The first-order valence-electron chi connectivity index (χ1n) is 7.94. The van der Waals surface area contributed by atoms with Crippen molar-refractivity contribution in [3.05, 3.63) is 35.4 Å².